The minimum Gasteiger partial charge on any atom is -0.366 e. The number of piperazine rings is 1. The summed E-state index contributed by atoms with van der Waals surface area (Å²) >= 11 is 5.77. The van der Waals surface area contributed by atoms with Gasteiger partial charge >= 0.3 is 0 Å². The number of benzene rings is 2. The van der Waals surface area contributed by atoms with E-state index >= 15 is 0 Å². The smallest absolute Gasteiger partial charge is 0.143 e. The fourth-order valence-corrected chi connectivity index (χ4v) is 2.91. The van der Waals surface area contributed by atoms with Crippen LogP contribution >= 0.6 is 11.6 Å². The van der Waals surface area contributed by atoms with Crippen LogP contribution in [0.15, 0.2) is 48.5 Å². The van der Waals surface area contributed by atoms with Crippen LogP contribution in [0.3, 0.4) is 0 Å². The first-order valence-electron chi connectivity index (χ1n) is 7.15. The molecule has 0 bridgehead atoms. The van der Waals surface area contributed by atoms with Gasteiger partial charge in [0.25, 0.3) is 0 Å². The van der Waals surface area contributed by atoms with Gasteiger partial charge in [-0.15, -0.1) is 0 Å². The van der Waals surface area contributed by atoms with E-state index in [0.717, 1.165) is 18.8 Å². The fraction of sp³-hybridized carbons (Fsp3) is 0.294. The van der Waals surface area contributed by atoms with Crippen molar-refractivity contribution in [3.8, 4) is 0 Å². The van der Waals surface area contributed by atoms with Crippen LogP contribution in [0.5, 0.6) is 0 Å². The number of anilines is 1. The van der Waals surface area contributed by atoms with E-state index in [1.165, 1.54) is 11.6 Å². The SMILES string of the molecule is CC1CNC(c2ccccc2)CN1c1ccc(Cl)c(F)c1. The highest BCUT2D eigenvalue weighted by Gasteiger charge is 2.26. The molecule has 1 fully saturated rings. The molecule has 2 aromatic rings. The Kier molecular flexibility index (Phi) is 4.13. The molecule has 4 heteroatoms. The first kappa shape index (κ1) is 14.4. The molecule has 2 nitrogen and oxygen atoms in total. The summed E-state index contributed by atoms with van der Waals surface area (Å²) in [5.41, 5.74) is 2.13. The molecule has 2 aromatic carbocycles. The summed E-state index contributed by atoms with van der Waals surface area (Å²) in [4.78, 5) is 2.23. The Morgan fingerprint density at radius 1 is 1.19 bits per heavy atom. The van der Waals surface area contributed by atoms with Crippen molar-refractivity contribution in [2.45, 2.75) is 19.0 Å². The zero-order chi connectivity index (χ0) is 14.8. The Balaban J connectivity index is 1.85. The van der Waals surface area contributed by atoms with Gasteiger partial charge in [0.05, 0.1) is 5.02 Å². The molecule has 110 valence electrons. The lowest BCUT2D eigenvalue weighted by Gasteiger charge is -2.40. The topological polar surface area (TPSA) is 15.3 Å². The lowest BCUT2D eigenvalue weighted by atomic mass is 10.0. The van der Waals surface area contributed by atoms with E-state index < -0.39 is 0 Å². The fourth-order valence-electron chi connectivity index (χ4n) is 2.80. The first-order valence-corrected chi connectivity index (χ1v) is 7.53. The summed E-state index contributed by atoms with van der Waals surface area (Å²) in [6.45, 7) is 3.82. The van der Waals surface area contributed by atoms with Gasteiger partial charge in [0, 0.05) is 30.9 Å². The molecular formula is C17H18ClFN2. The van der Waals surface area contributed by atoms with Gasteiger partial charge in [-0.2, -0.15) is 0 Å². The van der Waals surface area contributed by atoms with E-state index in [1.807, 2.05) is 24.3 Å². The molecule has 3 rings (SSSR count). The van der Waals surface area contributed by atoms with Crippen molar-refractivity contribution in [2.24, 2.45) is 0 Å². The molecule has 1 aliphatic heterocycles. The minimum absolute atomic E-state index is 0.168. The average Bonchev–Trinajstić information content (AvgIpc) is 2.51. The Morgan fingerprint density at radius 3 is 2.67 bits per heavy atom. The third-order valence-corrected chi connectivity index (χ3v) is 4.31. The summed E-state index contributed by atoms with van der Waals surface area (Å²) in [7, 11) is 0. The van der Waals surface area contributed by atoms with Crippen molar-refractivity contribution in [2.75, 3.05) is 18.0 Å². The molecule has 1 saturated heterocycles. The Hall–Kier alpha value is -1.58. The first-order chi connectivity index (χ1) is 10.1. The summed E-state index contributed by atoms with van der Waals surface area (Å²) in [5, 5.41) is 3.72. The van der Waals surface area contributed by atoms with Gasteiger partial charge in [-0.25, -0.2) is 4.39 Å². The van der Waals surface area contributed by atoms with Crippen LogP contribution in [0.1, 0.15) is 18.5 Å². The van der Waals surface area contributed by atoms with Crippen LogP contribution in [0.4, 0.5) is 10.1 Å². The molecular weight excluding hydrogens is 287 g/mol. The van der Waals surface area contributed by atoms with Gasteiger partial charge in [-0.05, 0) is 30.7 Å². The van der Waals surface area contributed by atoms with Crippen LogP contribution < -0.4 is 10.2 Å². The van der Waals surface area contributed by atoms with Gasteiger partial charge in [-0.1, -0.05) is 41.9 Å². The van der Waals surface area contributed by atoms with E-state index in [-0.39, 0.29) is 16.9 Å². The highest BCUT2D eigenvalue weighted by atomic mass is 35.5. The molecule has 1 aliphatic rings. The summed E-state index contributed by atoms with van der Waals surface area (Å²) in [6, 6.07) is 15.9. The second-order valence-electron chi connectivity index (χ2n) is 5.47. The highest BCUT2D eigenvalue weighted by Crippen LogP contribution is 2.28. The molecule has 21 heavy (non-hydrogen) atoms. The van der Waals surface area contributed by atoms with Gasteiger partial charge in [0.1, 0.15) is 5.82 Å². The maximum absolute atomic E-state index is 13.7. The monoisotopic (exact) mass is 304 g/mol. The van der Waals surface area contributed by atoms with Gasteiger partial charge < -0.3 is 10.2 Å². The summed E-state index contributed by atoms with van der Waals surface area (Å²) < 4.78 is 13.7. The van der Waals surface area contributed by atoms with E-state index in [1.54, 1.807) is 6.07 Å². The maximum Gasteiger partial charge on any atom is 0.143 e. The van der Waals surface area contributed by atoms with Crippen molar-refractivity contribution in [3.05, 3.63) is 64.9 Å². The Bertz CT molecular complexity index is 617. The van der Waals surface area contributed by atoms with Crippen molar-refractivity contribution < 1.29 is 4.39 Å². The number of halogens is 2. The molecule has 0 aromatic heterocycles. The van der Waals surface area contributed by atoms with Crippen LogP contribution in [0, 0.1) is 5.82 Å². The van der Waals surface area contributed by atoms with E-state index in [0.29, 0.717) is 6.04 Å². The number of hydrogen-bond donors (Lipinski definition) is 1. The Labute approximate surface area is 129 Å². The minimum atomic E-state index is -0.365. The predicted molar refractivity (Wildman–Crippen MR) is 85.4 cm³/mol. The van der Waals surface area contributed by atoms with Crippen LogP contribution in [-0.2, 0) is 0 Å². The summed E-state index contributed by atoms with van der Waals surface area (Å²) in [5.74, 6) is -0.365. The van der Waals surface area contributed by atoms with Crippen molar-refractivity contribution >= 4 is 17.3 Å². The quantitative estimate of drug-likeness (QED) is 0.901. The molecule has 2 atom stereocenters. The molecule has 0 radical (unpaired) electrons. The number of nitrogens with zero attached hydrogens (tertiary/aromatic N) is 1. The van der Waals surface area contributed by atoms with E-state index in [4.69, 9.17) is 11.6 Å². The van der Waals surface area contributed by atoms with Crippen LogP contribution in [0.2, 0.25) is 5.02 Å². The lowest BCUT2D eigenvalue weighted by molar-refractivity contribution is 0.414. The lowest BCUT2D eigenvalue weighted by Crippen LogP contribution is -2.51. The standard InChI is InChI=1S/C17H18ClFN2/c1-12-10-20-17(13-5-3-2-4-6-13)11-21(12)14-7-8-15(18)16(19)9-14/h2-9,12,17,20H,10-11H2,1H3. The normalized spacial score (nSPS) is 22.3. The highest BCUT2D eigenvalue weighted by molar-refractivity contribution is 6.30. The van der Waals surface area contributed by atoms with E-state index in [9.17, 15) is 4.39 Å². The molecule has 1 heterocycles. The van der Waals surface area contributed by atoms with Crippen molar-refractivity contribution in [3.63, 3.8) is 0 Å². The maximum atomic E-state index is 13.7. The molecule has 1 N–H and O–H groups in total. The van der Waals surface area contributed by atoms with Gasteiger partial charge in [0.15, 0.2) is 0 Å². The molecule has 0 spiro atoms. The summed E-state index contributed by atoms with van der Waals surface area (Å²) in [6.07, 6.45) is 0. The number of rotatable bonds is 2. The molecule has 2 unspecified atom stereocenters. The third kappa shape index (κ3) is 3.04. The second-order valence-corrected chi connectivity index (χ2v) is 5.88. The van der Waals surface area contributed by atoms with Gasteiger partial charge in [-0.3, -0.25) is 0 Å². The average molecular weight is 305 g/mol. The second kappa shape index (κ2) is 6.04. The zero-order valence-corrected chi connectivity index (χ0v) is 12.6. The van der Waals surface area contributed by atoms with Gasteiger partial charge in [0.2, 0.25) is 0 Å². The van der Waals surface area contributed by atoms with Crippen molar-refractivity contribution in [1.29, 1.82) is 0 Å². The zero-order valence-electron chi connectivity index (χ0n) is 11.9. The number of hydrogen-bond acceptors (Lipinski definition) is 2. The predicted octanol–water partition coefficient (Wildman–Crippen LogP) is 4.02. The van der Waals surface area contributed by atoms with Crippen LogP contribution in [-0.4, -0.2) is 19.1 Å². The largest absolute Gasteiger partial charge is 0.366 e. The molecule has 0 saturated carbocycles. The van der Waals surface area contributed by atoms with E-state index in [2.05, 4.69) is 29.3 Å². The van der Waals surface area contributed by atoms with Crippen molar-refractivity contribution in [1.82, 2.24) is 5.32 Å². The molecule has 0 amide bonds. The number of nitrogens with one attached hydrogen (secondary N) is 1. The molecule has 0 aliphatic carbocycles. The van der Waals surface area contributed by atoms with Crippen LogP contribution in [0.25, 0.3) is 0 Å². The third-order valence-electron chi connectivity index (χ3n) is 4.01. The Morgan fingerprint density at radius 2 is 1.95 bits per heavy atom.